The highest BCUT2D eigenvalue weighted by atomic mass is 15.1. The van der Waals surface area contributed by atoms with Crippen LogP contribution in [0.15, 0.2) is 54.6 Å². The van der Waals surface area contributed by atoms with Crippen molar-refractivity contribution in [1.82, 2.24) is 9.55 Å². The minimum absolute atomic E-state index is 0.851. The van der Waals surface area contributed by atoms with E-state index < -0.39 is 0 Å². The molecule has 0 unspecified atom stereocenters. The van der Waals surface area contributed by atoms with Crippen molar-refractivity contribution >= 4 is 0 Å². The van der Waals surface area contributed by atoms with E-state index in [-0.39, 0.29) is 0 Å². The summed E-state index contributed by atoms with van der Waals surface area (Å²) >= 11 is 0. The quantitative estimate of drug-likeness (QED) is 0.694. The number of aryl methyl sites for hydroxylation is 2. The first-order valence-electron chi connectivity index (χ1n) is 7.31. The van der Waals surface area contributed by atoms with Crippen LogP contribution in [-0.2, 0) is 6.42 Å². The number of aromatic nitrogens is 2. The Bertz CT molecular complexity index is 737. The van der Waals surface area contributed by atoms with Gasteiger partial charge in [-0.3, -0.25) is 0 Å². The summed E-state index contributed by atoms with van der Waals surface area (Å²) in [6.07, 6.45) is 0.851. The van der Waals surface area contributed by atoms with Gasteiger partial charge in [0.1, 0.15) is 5.82 Å². The molecule has 1 heterocycles. The molecule has 0 bridgehead atoms. The molecule has 0 spiro atoms. The average Bonchev–Trinajstić information content (AvgIpc) is 2.76. The second kappa shape index (κ2) is 5.57. The number of benzene rings is 2. The molecule has 2 heteroatoms. The Kier molecular flexibility index (Phi) is 3.61. The van der Waals surface area contributed by atoms with Gasteiger partial charge in [-0.2, -0.15) is 0 Å². The lowest BCUT2D eigenvalue weighted by atomic mass is 10.1. The maximum Gasteiger partial charge on any atom is 0.118 e. The SMILES string of the molecule is Cc1ccc(-n2c(Cc3ccccc3)nc(C)c2C)cc1. The lowest BCUT2D eigenvalue weighted by Gasteiger charge is -2.11. The molecule has 3 aromatic rings. The summed E-state index contributed by atoms with van der Waals surface area (Å²) in [5.41, 5.74) is 6.06. The Hall–Kier alpha value is -2.35. The number of rotatable bonds is 3. The van der Waals surface area contributed by atoms with E-state index >= 15 is 0 Å². The fourth-order valence-corrected chi connectivity index (χ4v) is 2.61. The van der Waals surface area contributed by atoms with Gasteiger partial charge in [-0.25, -0.2) is 4.98 Å². The molecule has 21 heavy (non-hydrogen) atoms. The predicted molar refractivity (Wildman–Crippen MR) is 87.0 cm³/mol. The van der Waals surface area contributed by atoms with Crippen LogP contribution in [-0.4, -0.2) is 9.55 Å². The first-order chi connectivity index (χ1) is 10.1. The van der Waals surface area contributed by atoms with E-state index in [9.17, 15) is 0 Å². The molecule has 0 N–H and O–H groups in total. The van der Waals surface area contributed by atoms with Crippen molar-refractivity contribution in [2.45, 2.75) is 27.2 Å². The molecule has 2 aromatic carbocycles. The first-order valence-corrected chi connectivity index (χ1v) is 7.31. The lowest BCUT2D eigenvalue weighted by molar-refractivity contribution is 0.891. The second-order valence-electron chi connectivity index (χ2n) is 5.53. The molecular formula is C19H20N2. The Morgan fingerprint density at radius 1 is 0.857 bits per heavy atom. The predicted octanol–water partition coefficient (Wildman–Crippen LogP) is 4.39. The van der Waals surface area contributed by atoms with Crippen LogP contribution in [0.5, 0.6) is 0 Å². The average molecular weight is 276 g/mol. The van der Waals surface area contributed by atoms with Crippen LogP contribution in [0, 0.1) is 20.8 Å². The zero-order valence-corrected chi connectivity index (χ0v) is 12.8. The van der Waals surface area contributed by atoms with E-state index in [2.05, 4.69) is 73.9 Å². The minimum atomic E-state index is 0.851. The Morgan fingerprint density at radius 2 is 1.52 bits per heavy atom. The first kappa shape index (κ1) is 13.6. The Labute approximate surface area is 126 Å². The molecule has 0 aliphatic rings. The zero-order valence-electron chi connectivity index (χ0n) is 12.8. The van der Waals surface area contributed by atoms with E-state index in [4.69, 9.17) is 4.98 Å². The van der Waals surface area contributed by atoms with E-state index in [1.165, 1.54) is 22.5 Å². The summed E-state index contributed by atoms with van der Waals surface area (Å²) in [4.78, 5) is 4.77. The fourth-order valence-electron chi connectivity index (χ4n) is 2.61. The third kappa shape index (κ3) is 2.75. The highest BCUT2D eigenvalue weighted by molar-refractivity contribution is 5.40. The smallest absolute Gasteiger partial charge is 0.118 e. The van der Waals surface area contributed by atoms with Gasteiger partial charge in [0.05, 0.1) is 5.69 Å². The van der Waals surface area contributed by atoms with Gasteiger partial charge in [0.2, 0.25) is 0 Å². The molecule has 0 saturated heterocycles. The van der Waals surface area contributed by atoms with Crippen molar-refractivity contribution in [3.05, 3.63) is 82.9 Å². The van der Waals surface area contributed by atoms with Crippen molar-refractivity contribution in [2.24, 2.45) is 0 Å². The fraction of sp³-hybridized carbons (Fsp3) is 0.211. The van der Waals surface area contributed by atoms with Crippen LogP contribution in [0.1, 0.15) is 28.3 Å². The van der Waals surface area contributed by atoms with Gasteiger partial charge in [0.25, 0.3) is 0 Å². The van der Waals surface area contributed by atoms with Gasteiger partial charge in [-0.15, -0.1) is 0 Å². The molecule has 0 fully saturated rings. The van der Waals surface area contributed by atoms with Gasteiger partial charge in [-0.05, 0) is 38.5 Å². The van der Waals surface area contributed by atoms with Crippen LogP contribution in [0.3, 0.4) is 0 Å². The summed E-state index contributed by atoms with van der Waals surface area (Å²) in [6.45, 7) is 6.33. The molecule has 0 atom stereocenters. The molecule has 1 aromatic heterocycles. The van der Waals surface area contributed by atoms with Gasteiger partial charge >= 0.3 is 0 Å². The van der Waals surface area contributed by atoms with Gasteiger partial charge in [0, 0.05) is 17.8 Å². The molecule has 0 radical (unpaired) electrons. The molecule has 0 aliphatic carbocycles. The highest BCUT2D eigenvalue weighted by Crippen LogP contribution is 2.20. The summed E-state index contributed by atoms with van der Waals surface area (Å²) in [6, 6.07) is 19.1. The van der Waals surface area contributed by atoms with Crippen LogP contribution in [0.4, 0.5) is 0 Å². The number of imidazole rings is 1. The molecule has 3 rings (SSSR count). The molecule has 2 nitrogen and oxygen atoms in total. The van der Waals surface area contributed by atoms with Crippen LogP contribution in [0.2, 0.25) is 0 Å². The molecule has 106 valence electrons. The lowest BCUT2D eigenvalue weighted by Crippen LogP contribution is -2.04. The van der Waals surface area contributed by atoms with E-state index in [0.29, 0.717) is 0 Å². The van der Waals surface area contributed by atoms with Crippen molar-refractivity contribution in [3.63, 3.8) is 0 Å². The van der Waals surface area contributed by atoms with Gasteiger partial charge in [0.15, 0.2) is 0 Å². The van der Waals surface area contributed by atoms with Crippen molar-refractivity contribution in [2.75, 3.05) is 0 Å². The molecule has 0 aliphatic heterocycles. The largest absolute Gasteiger partial charge is 0.300 e. The topological polar surface area (TPSA) is 17.8 Å². The monoisotopic (exact) mass is 276 g/mol. The summed E-state index contributed by atoms with van der Waals surface area (Å²) in [7, 11) is 0. The summed E-state index contributed by atoms with van der Waals surface area (Å²) in [5.74, 6) is 1.10. The third-order valence-electron chi connectivity index (χ3n) is 3.91. The van der Waals surface area contributed by atoms with E-state index in [1.54, 1.807) is 0 Å². The summed E-state index contributed by atoms with van der Waals surface area (Å²) in [5, 5.41) is 0. The van der Waals surface area contributed by atoms with Crippen LogP contribution in [0.25, 0.3) is 5.69 Å². The van der Waals surface area contributed by atoms with E-state index in [0.717, 1.165) is 17.9 Å². The van der Waals surface area contributed by atoms with Crippen LogP contribution < -0.4 is 0 Å². The minimum Gasteiger partial charge on any atom is -0.300 e. The maximum atomic E-state index is 4.77. The zero-order chi connectivity index (χ0) is 14.8. The van der Waals surface area contributed by atoms with E-state index in [1.807, 2.05) is 6.07 Å². The third-order valence-corrected chi connectivity index (χ3v) is 3.91. The standard InChI is InChI=1S/C19H20N2/c1-14-9-11-18(12-10-14)21-16(3)15(2)20-19(21)13-17-7-5-4-6-8-17/h4-12H,13H2,1-3H3. The van der Waals surface area contributed by atoms with Crippen LogP contribution >= 0.6 is 0 Å². The summed E-state index contributed by atoms with van der Waals surface area (Å²) < 4.78 is 2.27. The highest BCUT2D eigenvalue weighted by Gasteiger charge is 2.13. The molecule has 0 amide bonds. The van der Waals surface area contributed by atoms with Gasteiger partial charge < -0.3 is 4.57 Å². The second-order valence-corrected chi connectivity index (χ2v) is 5.53. The van der Waals surface area contributed by atoms with Crippen molar-refractivity contribution < 1.29 is 0 Å². The normalized spacial score (nSPS) is 10.8. The number of hydrogen-bond acceptors (Lipinski definition) is 1. The maximum absolute atomic E-state index is 4.77. The number of hydrogen-bond donors (Lipinski definition) is 0. The molecular weight excluding hydrogens is 256 g/mol. The van der Waals surface area contributed by atoms with Crippen molar-refractivity contribution in [1.29, 1.82) is 0 Å². The van der Waals surface area contributed by atoms with Gasteiger partial charge in [-0.1, -0.05) is 48.0 Å². The Balaban J connectivity index is 2.05. The molecule has 0 saturated carbocycles. The Morgan fingerprint density at radius 3 is 2.19 bits per heavy atom. The van der Waals surface area contributed by atoms with Crippen molar-refractivity contribution in [3.8, 4) is 5.69 Å². The number of nitrogens with zero attached hydrogens (tertiary/aromatic N) is 2.